The minimum Gasteiger partial charge on any atom is -0.495 e. The van der Waals surface area contributed by atoms with E-state index in [0.717, 1.165) is 0 Å². The maximum absolute atomic E-state index is 12.2. The lowest BCUT2D eigenvalue weighted by atomic mass is 10.2. The molecule has 0 saturated carbocycles. The van der Waals surface area contributed by atoms with Crippen LogP contribution in [0.2, 0.25) is 10.0 Å². The predicted molar refractivity (Wildman–Crippen MR) is 113 cm³/mol. The summed E-state index contributed by atoms with van der Waals surface area (Å²) in [5, 5.41) is 5.83. The Morgan fingerprint density at radius 2 is 1.73 bits per heavy atom. The van der Waals surface area contributed by atoms with E-state index in [-0.39, 0.29) is 16.7 Å². The van der Waals surface area contributed by atoms with E-state index in [9.17, 15) is 14.4 Å². The number of ether oxygens (including phenoxy) is 3. The van der Waals surface area contributed by atoms with Crippen molar-refractivity contribution in [3.63, 3.8) is 0 Å². The molecule has 2 amide bonds. The van der Waals surface area contributed by atoms with E-state index >= 15 is 0 Å². The molecule has 0 fully saturated rings. The van der Waals surface area contributed by atoms with E-state index in [1.165, 1.54) is 39.2 Å². The zero-order valence-corrected chi connectivity index (χ0v) is 18.0. The molecule has 160 valence electrons. The Labute approximate surface area is 183 Å². The van der Waals surface area contributed by atoms with Crippen molar-refractivity contribution in [3.8, 4) is 11.5 Å². The Morgan fingerprint density at radius 1 is 1.03 bits per heavy atom. The largest absolute Gasteiger partial charge is 0.495 e. The molecule has 0 saturated heterocycles. The standard InChI is InChI=1S/C20H20Cl2N2O6/c1-11(30-17-6-4-13(21)8-15(17)22)20(27)29-10-19(26)24-16-9-14(23-12(2)25)5-7-18(16)28-3/h4-9,11H,10H2,1-3H3,(H,23,25)(H,24,26). The number of carbonyl (C=O) groups is 3. The van der Waals surface area contributed by atoms with E-state index in [1.54, 1.807) is 18.2 Å². The molecule has 0 spiro atoms. The Kier molecular flexibility index (Phi) is 8.32. The monoisotopic (exact) mass is 454 g/mol. The first kappa shape index (κ1) is 23.3. The fraction of sp³-hybridized carbons (Fsp3) is 0.250. The Hall–Kier alpha value is -2.97. The smallest absolute Gasteiger partial charge is 0.347 e. The number of amides is 2. The molecule has 1 unspecified atom stereocenters. The number of hydrogen-bond acceptors (Lipinski definition) is 6. The molecule has 0 heterocycles. The molecule has 1 atom stereocenters. The van der Waals surface area contributed by atoms with Crippen LogP contribution in [-0.2, 0) is 19.1 Å². The summed E-state index contributed by atoms with van der Waals surface area (Å²) in [4.78, 5) is 35.5. The molecule has 0 aliphatic carbocycles. The highest BCUT2D eigenvalue weighted by molar-refractivity contribution is 6.35. The molecule has 0 aromatic heterocycles. The van der Waals surface area contributed by atoms with Crippen LogP contribution in [0.15, 0.2) is 36.4 Å². The number of benzene rings is 2. The first-order chi connectivity index (χ1) is 14.2. The zero-order valence-electron chi connectivity index (χ0n) is 16.5. The molecular weight excluding hydrogens is 435 g/mol. The van der Waals surface area contributed by atoms with Crippen LogP contribution in [0.1, 0.15) is 13.8 Å². The Balaban J connectivity index is 1.93. The minimum absolute atomic E-state index is 0.242. The lowest BCUT2D eigenvalue weighted by molar-refractivity contribution is -0.153. The molecule has 2 aromatic carbocycles. The van der Waals surface area contributed by atoms with Crippen molar-refractivity contribution in [2.24, 2.45) is 0 Å². The van der Waals surface area contributed by atoms with E-state index in [2.05, 4.69) is 10.6 Å². The van der Waals surface area contributed by atoms with Crippen molar-refractivity contribution in [1.29, 1.82) is 0 Å². The van der Waals surface area contributed by atoms with Gasteiger partial charge in [-0.25, -0.2) is 4.79 Å². The maximum Gasteiger partial charge on any atom is 0.347 e. The minimum atomic E-state index is -1.01. The number of anilines is 2. The molecule has 30 heavy (non-hydrogen) atoms. The van der Waals surface area contributed by atoms with Gasteiger partial charge in [0.1, 0.15) is 11.5 Å². The molecular formula is C20H20Cl2N2O6. The lowest BCUT2D eigenvalue weighted by Crippen LogP contribution is -2.30. The van der Waals surface area contributed by atoms with Gasteiger partial charge in [-0.3, -0.25) is 9.59 Å². The normalized spacial score (nSPS) is 11.2. The van der Waals surface area contributed by atoms with Gasteiger partial charge in [-0.1, -0.05) is 23.2 Å². The Bertz CT molecular complexity index is 951. The first-order valence-electron chi connectivity index (χ1n) is 8.73. The molecule has 8 nitrogen and oxygen atoms in total. The van der Waals surface area contributed by atoms with E-state index in [1.807, 2.05) is 0 Å². The third-order valence-corrected chi connectivity index (χ3v) is 4.20. The van der Waals surface area contributed by atoms with Gasteiger partial charge in [0.15, 0.2) is 12.7 Å². The molecule has 0 aliphatic rings. The van der Waals surface area contributed by atoms with Gasteiger partial charge in [0.05, 0.1) is 17.8 Å². The number of hydrogen-bond donors (Lipinski definition) is 2. The topological polar surface area (TPSA) is 103 Å². The second-order valence-electron chi connectivity index (χ2n) is 6.09. The third kappa shape index (κ3) is 6.82. The summed E-state index contributed by atoms with van der Waals surface area (Å²) in [5.41, 5.74) is 0.777. The predicted octanol–water partition coefficient (Wildman–Crippen LogP) is 3.91. The molecule has 2 N–H and O–H groups in total. The summed E-state index contributed by atoms with van der Waals surface area (Å²) >= 11 is 11.8. The number of halogens is 2. The number of rotatable bonds is 8. The van der Waals surface area contributed by atoms with Gasteiger partial charge in [0, 0.05) is 17.6 Å². The van der Waals surface area contributed by atoms with Crippen molar-refractivity contribution < 1.29 is 28.6 Å². The first-order valence-corrected chi connectivity index (χ1v) is 9.49. The fourth-order valence-corrected chi connectivity index (χ4v) is 2.79. The van der Waals surface area contributed by atoms with Crippen LogP contribution >= 0.6 is 23.2 Å². The average Bonchev–Trinajstić information content (AvgIpc) is 2.68. The van der Waals surface area contributed by atoms with Crippen molar-refractivity contribution >= 4 is 52.4 Å². The summed E-state index contributed by atoms with van der Waals surface area (Å²) in [7, 11) is 1.43. The van der Waals surface area contributed by atoms with Crippen LogP contribution in [0, 0.1) is 0 Å². The number of carbonyl (C=O) groups excluding carboxylic acids is 3. The van der Waals surface area contributed by atoms with Gasteiger partial charge in [-0.05, 0) is 43.3 Å². The van der Waals surface area contributed by atoms with Crippen LogP contribution in [0.4, 0.5) is 11.4 Å². The quantitative estimate of drug-likeness (QED) is 0.586. The summed E-state index contributed by atoms with van der Waals surface area (Å²) in [5.74, 6) is -0.984. The molecule has 0 aliphatic heterocycles. The second-order valence-corrected chi connectivity index (χ2v) is 6.93. The number of methoxy groups -OCH3 is 1. The highest BCUT2D eigenvalue weighted by atomic mass is 35.5. The molecule has 0 bridgehead atoms. The molecule has 2 rings (SSSR count). The van der Waals surface area contributed by atoms with E-state index in [4.69, 9.17) is 37.4 Å². The molecule has 2 aromatic rings. The number of esters is 1. The van der Waals surface area contributed by atoms with Crippen LogP contribution < -0.4 is 20.1 Å². The summed E-state index contributed by atoms with van der Waals surface area (Å²) in [6, 6.07) is 9.29. The van der Waals surface area contributed by atoms with Crippen molar-refractivity contribution in [2.45, 2.75) is 20.0 Å². The fourth-order valence-electron chi connectivity index (χ4n) is 2.34. The maximum atomic E-state index is 12.2. The van der Waals surface area contributed by atoms with Crippen molar-refractivity contribution in [1.82, 2.24) is 0 Å². The number of nitrogens with one attached hydrogen (secondary N) is 2. The van der Waals surface area contributed by atoms with Gasteiger partial charge in [-0.15, -0.1) is 0 Å². The second kappa shape index (κ2) is 10.7. The van der Waals surface area contributed by atoms with Gasteiger partial charge >= 0.3 is 5.97 Å². The van der Waals surface area contributed by atoms with E-state index in [0.29, 0.717) is 22.1 Å². The van der Waals surface area contributed by atoms with E-state index < -0.39 is 24.6 Å². The summed E-state index contributed by atoms with van der Waals surface area (Å²) < 4.78 is 15.6. The van der Waals surface area contributed by atoms with Crippen molar-refractivity contribution in [3.05, 3.63) is 46.4 Å². The van der Waals surface area contributed by atoms with Gasteiger partial charge in [0.2, 0.25) is 5.91 Å². The van der Waals surface area contributed by atoms with Crippen LogP contribution in [0.3, 0.4) is 0 Å². The Morgan fingerprint density at radius 3 is 2.37 bits per heavy atom. The molecule has 0 radical (unpaired) electrons. The van der Waals surface area contributed by atoms with Gasteiger partial charge in [0.25, 0.3) is 5.91 Å². The van der Waals surface area contributed by atoms with Gasteiger partial charge < -0.3 is 24.8 Å². The highest BCUT2D eigenvalue weighted by Gasteiger charge is 2.19. The molecule has 10 heteroatoms. The van der Waals surface area contributed by atoms with Crippen LogP contribution in [0.25, 0.3) is 0 Å². The van der Waals surface area contributed by atoms with Crippen LogP contribution in [0.5, 0.6) is 11.5 Å². The summed E-state index contributed by atoms with van der Waals surface area (Å²) in [6.07, 6.45) is -1.01. The SMILES string of the molecule is COc1ccc(NC(C)=O)cc1NC(=O)COC(=O)C(C)Oc1ccc(Cl)cc1Cl. The van der Waals surface area contributed by atoms with Crippen LogP contribution in [-0.4, -0.2) is 37.6 Å². The third-order valence-electron chi connectivity index (χ3n) is 3.67. The van der Waals surface area contributed by atoms with Gasteiger partial charge in [-0.2, -0.15) is 0 Å². The highest BCUT2D eigenvalue weighted by Crippen LogP contribution is 2.29. The zero-order chi connectivity index (χ0) is 22.3. The lowest BCUT2D eigenvalue weighted by Gasteiger charge is -2.15. The average molecular weight is 455 g/mol. The van der Waals surface area contributed by atoms with Crippen molar-refractivity contribution in [2.75, 3.05) is 24.4 Å². The summed E-state index contributed by atoms with van der Waals surface area (Å²) in [6.45, 7) is 2.28.